The number of alkyl halides is 3. The number of nitrogens with one attached hydrogen (secondary N) is 1. The Balaban J connectivity index is 2.27. The molecule has 9 heteroatoms. The summed E-state index contributed by atoms with van der Waals surface area (Å²) in [7, 11) is 0. The van der Waals surface area contributed by atoms with Crippen molar-refractivity contribution >= 4 is 23.5 Å². The first-order valence-electron chi connectivity index (χ1n) is 4.84. The molecule has 0 bridgehead atoms. The Labute approximate surface area is 101 Å². The average molecular weight is 270 g/mol. The van der Waals surface area contributed by atoms with Crippen molar-refractivity contribution in [3.8, 4) is 0 Å². The molecule has 0 amide bonds. The van der Waals surface area contributed by atoms with Gasteiger partial charge in [0.2, 0.25) is 17.2 Å². The lowest BCUT2D eigenvalue weighted by atomic mass is 10.2. The van der Waals surface area contributed by atoms with Crippen molar-refractivity contribution in [1.82, 2.24) is 15.0 Å². The second-order valence-electron chi connectivity index (χ2n) is 3.29. The number of aromatic nitrogens is 3. The van der Waals surface area contributed by atoms with Gasteiger partial charge in [0, 0.05) is 13.0 Å². The molecular formula is C8H11ClF3N5. The lowest BCUT2D eigenvalue weighted by Gasteiger charge is -2.07. The summed E-state index contributed by atoms with van der Waals surface area (Å²) in [6.45, 7) is 0.315. The molecule has 0 unspecified atom stereocenters. The number of nitrogens with zero attached hydrogens (tertiary/aromatic N) is 3. The van der Waals surface area contributed by atoms with Gasteiger partial charge in [-0.15, -0.1) is 0 Å². The van der Waals surface area contributed by atoms with Gasteiger partial charge in [-0.3, -0.25) is 0 Å². The smallest absolute Gasteiger partial charge is 0.368 e. The summed E-state index contributed by atoms with van der Waals surface area (Å²) in [6, 6.07) is 0. The summed E-state index contributed by atoms with van der Waals surface area (Å²) >= 11 is 5.52. The highest BCUT2D eigenvalue weighted by Crippen LogP contribution is 2.22. The van der Waals surface area contributed by atoms with Crippen molar-refractivity contribution in [2.75, 3.05) is 17.6 Å². The van der Waals surface area contributed by atoms with E-state index >= 15 is 0 Å². The number of nitrogen functional groups attached to an aromatic ring is 1. The normalized spacial score (nSPS) is 11.5. The number of rotatable bonds is 5. The van der Waals surface area contributed by atoms with Crippen LogP contribution in [-0.2, 0) is 0 Å². The van der Waals surface area contributed by atoms with Crippen molar-refractivity contribution in [2.45, 2.75) is 25.4 Å². The van der Waals surface area contributed by atoms with E-state index in [-0.39, 0.29) is 23.6 Å². The topological polar surface area (TPSA) is 76.7 Å². The van der Waals surface area contributed by atoms with Gasteiger partial charge in [-0.2, -0.15) is 28.1 Å². The Kier molecular flexibility index (Phi) is 4.73. The number of unbranched alkanes of at least 4 members (excludes halogenated alkanes) is 1. The third-order valence-corrected chi connectivity index (χ3v) is 1.96. The van der Waals surface area contributed by atoms with E-state index in [1.165, 1.54) is 0 Å². The molecule has 0 atom stereocenters. The molecule has 0 fully saturated rings. The summed E-state index contributed by atoms with van der Waals surface area (Å²) in [5.41, 5.74) is 5.31. The van der Waals surface area contributed by atoms with Gasteiger partial charge in [0.05, 0.1) is 0 Å². The zero-order valence-electron chi connectivity index (χ0n) is 8.76. The predicted molar refractivity (Wildman–Crippen MR) is 57.6 cm³/mol. The molecule has 96 valence electrons. The van der Waals surface area contributed by atoms with E-state index in [1.807, 2.05) is 0 Å². The van der Waals surface area contributed by atoms with Crippen molar-refractivity contribution in [2.24, 2.45) is 0 Å². The Bertz CT molecular complexity index is 350. The second kappa shape index (κ2) is 5.85. The number of nitrogens with two attached hydrogens (primary N) is 1. The summed E-state index contributed by atoms with van der Waals surface area (Å²) in [5.74, 6) is 0.123. The Morgan fingerprint density at radius 3 is 2.47 bits per heavy atom. The first kappa shape index (κ1) is 13.8. The van der Waals surface area contributed by atoms with Crippen LogP contribution in [0, 0.1) is 0 Å². The monoisotopic (exact) mass is 269 g/mol. The van der Waals surface area contributed by atoms with Gasteiger partial charge in [0.1, 0.15) is 0 Å². The van der Waals surface area contributed by atoms with E-state index in [2.05, 4.69) is 20.3 Å². The van der Waals surface area contributed by atoms with Crippen molar-refractivity contribution in [1.29, 1.82) is 0 Å². The third kappa shape index (κ3) is 6.10. The van der Waals surface area contributed by atoms with E-state index < -0.39 is 12.6 Å². The van der Waals surface area contributed by atoms with Crippen LogP contribution in [0.2, 0.25) is 5.28 Å². The lowest BCUT2D eigenvalue weighted by Crippen LogP contribution is -2.10. The Morgan fingerprint density at radius 2 is 1.88 bits per heavy atom. The van der Waals surface area contributed by atoms with Crippen molar-refractivity contribution in [3.05, 3.63) is 5.28 Å². The molecule has 0 aliphatic rings. The van der Waals surface area contributed by atoms with Crippen LogP contribution in [0.15, 0.2) is 0 Å². The molecule has 0 aliphatic carbocycles. The quantitative estimate of drug-likeness (QED) is 0.802. The number of halogens is 4. The van der Waals surface area contributed by atoms with E-state index in [0.717, 1.165) is 0 Å². The summed E-state index contributed by atoms with van der Waals surface area (Å²) in [5, 5.41) is 2.66. The fourth-order valence-corrected chi connectivity index (χ4v) is 1.26. The molecule has 0 aliphatic heterocycles. The predicted octanol–water partition coefficient (Wildman–Crippen LogP) is 2.25. The molecule has 0 saturated carbocycles. The largest absolute Gasteiger partial charge is 0.389 e. The molecule has 0 aromatic carbocycles. The minimum absolute atomic E-state index is 0.0391. The van der Waals surface area contributed by atoms with Crippen molar-refractivity contribution < 1.29 is 13.2 Å². The molecule has 0 radical (unpaired) electrons. The standard InChI is InChI=1S/C8H11ClF3N5/c9-5-15-6(13)17-7(16-5)14-4-2-1-3-8(10,11)12/h1-4H2,(H3,13,14,15,16,17). The van der Waals surface area contributed by atoms with Gasteiger partial charge in [0.15, 0.2) is 0 Å². The first-order valence-corrected chi connectivity index (χ1v) is 5.22. The number of anilines is 2. The van der Waals surface area contributed by atoms with Gasteiger partial charge in [-0.25, -0.2) is 0 Å². The SMILES string of the molecule is Nc1nc(Cl)nc(NCCCCC(F)(F)F)n1. The van der Waals surface area contributed by atoms with Crippen LogP contribution in [-0.4, -0.2) is 27.7 Å². The number of hydrogen-bond acceptors (Lipinski definition) is 5. The molecule has 1 heterocycles. The summed E-state index contributed by atoms with van der Waals surface area (Å²) < 4.78 is 35.5. The van der Waals surface area contributed by atoms with Gasteiger partial charge in [-0.1, -0.05) is 0 Å². The minimum Gasteiger partial charge on any atom is -0.368 e. The maximum atomic E-state index is 11.8. The van der Waals surface area contributed by atoms with E-state index in [4.69, 9.17) is 17.3 Å². The fourth-order valence-electron chi connectivity index (χ4n) is 1.10. The number of hydrogen-bond donors (Lipinski definition) is 2. The second-order valence-corrected chi connectivity index (χ2v) is 3.62. The van der Waals surface area contributed by atoms with Crippen molar-refractivity contribution in [3.63, 3.8) is 0 Å². The van der Waals surface area contributed by atoms with E-state index in [1.54, 1.807) is 0 Å². The maximum absolute atomic E-state index is 11.8. The van der Waals surface area contributed by atoms with Gasteiger partial charge in [0.25, 0.3) is 0 Å². The minimum atomic E-state index is -4.11. The van der Waals surface area contributed by atoms with Gasteiger partial charge >= 0.3 is 6.18 Å². The van der Waals surface area contributed by atoms with E-state index in [0.29, 0.717) is 13.0 Å². The molecule has 0 saturated heterocycles. The molecular weight excluding hydrogens is 259 g/mol. The van der Waals surface area contributed by atoms with Crippen LogP contribution in [0.25, 0.3) is 0 Å². The van der Waals surface area contributed by atoms with Crippen LogP contribution < -0.4 is 11.1 Å². The first-order chi connectivity index (χ1) is 7.87. The highest BCUT2D eigenvalue weighted by molar-refractivity contribution is 6.28. The Morgan fingerprint density at radius 1 is 1.18 bits per heavy atom. The van der Waals surface area contributed by atoms with Gasteiger partial charge < -0.3 is 11.1 Å². The van der Waals surface area contributed by atoms with Crippen LogP contribution >= 0.6 is 11.6 Å². The highest BCUT2D eigenvalue weighted by atomic mass is 35.5. The van der Waals surface area contributed by atoms with Gasteiger partial charge in [-0.05, 0) is 24.4 Å². The molecule has 1 rings (SSSR count). The molecule has 17 heavy (non-hydrogen) atoms. The molecule has 1 aromatic rings. The third-order valence-electron chi connectivity index (χ3n) is 1.80. The highest BCUT2D eigenvalue weighted by Gasteiger charge is 2.25. The Hall–Kier alpha value is -1.31. The summed E-state index contributed by atoms with van der Waals surface area (Å²) in [4.78, 5) is 11.0. The fraction of sp³-hybridized carbons (Fsp3) is 0.625. The van der Waals surface area contributed by atoms with Crippen LogP contribution in [0.5, 0.6) is 0 Å². The zero-order valence-corrected chi connectivity index (χ0v) is 9.52. The molecule has 1 aromatic heterocycles. The van der Waals surface area contributed by atoms with E-state index in [9.17, 15) is 13.2 Å². The van der Waals surface area contributed by atoms with Crippen LogP contribution in [0.4, 0.5) is 25.1 Å². The molecule has 5 nitrogen and oxygen atoms in total. The lowest BCUT2D eigenvalue weighted by molar-refractivity contribution is -0.135. The summed E-state index contributed by atoms with van der Waals surface area (Å²) in [6.07, 6.45) is -4.51. The zero-order chi connectivity index (χ0) is 12.9. The maximum Gasteiger partial charge on any atom is 0.389 e. The average Bonchev–Trinajstić information content (AvgIpc) is 2.13. The van der Waals surface area contributed by atoms with Crippen LogP contribution in [0.3, 0.4) is 0 Å². The molecule has 0 spiro atoms. The molecule has 3 N–H and O–H groups in total. The van der Waals surface area contributed by atoms with Crippen LogP contribution in [0.1, 0.15) is 19.3 Å².